The number of pyridine rings is 1. The van der Waals surface area contributed by atoms with E-state index in [2.05, 4.69) is 16.9 Å². The van der Waals surface area contributed by atoms with Gasteiger partial charge in [0.1, 0.15) is 5.82 Å². The number of aromatic nitrogens is 1. The molecule has 0 saturated heterocycles. The number of alkyl halides is 3. The van der Waals surface area contributed by atoms with Gasteiger partial charge in [0.25, 0.3) is 0 Å². The molecule has 1 atom stereocenters. The Morgan fingerprint density at radius 2 is 1.58 bits per heavy atom. The molecular formula is C29H23ClF4N2. The minimum Gasteiger partial charge on any atom is -0.298 e. The van der Waals surface area contributed by atoms with Crippen LogP contribution in [0.15, 0.2) is 97.7 Å². The third-order valence-electron chi connectivity index (χ3n) is 5.98. The fourth-order valence-electron chi connectivity index (χ4n) is 4.21. The van der Waals surface area contributed by atoms with E-state index in [9.17, 15) is 17.6 Å². The molecule has 0 aliphatic carbocycles. The number of nitrogens with zero attached hydrogens (tertiary/aromatic N) is 1. The van der Waals surface area contributed by atoms with Gasteiger partial charge in [0.15, 0.2) is 0 Å². The molecular weight excluding hydrogens is 488 g/mol. The molecule has 184 valence electrons. The fraction of sp³-hybridized carbons (Fsp3) is 0.138. The van der Waals surface area contributed by atoms with Crippen LogP contribution < -0.4 is 5.32 Å². The van der Waals surface area contributed by atoms with E-state index in [1.165, 1.54) is 6.20 Å². The Labute approximate surface area is 212 Å². The molecule has 0 aliphatic heterocycles. The maximum absolute atomic E-state index is 14.7. The molecule has 0 radical (unpaired) electrons. The van der Waals surface area contributed by atoms with Crippen molar-refractivity contribution in [2.45, 2.75) is 24.7 Å². The number of hydrogen-bond donors (Lipinski definition) is 1. The third-order valence-corrected chi connectivity index (χ3v) is 6.20. The Kier molecular flexibility index (Phi) is 7.57. The quantitative estimate of drug-likeness (QED) is 0.244. The Hall–Kier alpha value is -3.48. The average molecular weight is 511 g/mol. The van der Waals surface area contributed by atoms with Crippen molar-refractivity contribution in [1.82, 2.24) is 10.3 Å². The van der Waals surface area contributed by atoms with Gasteiger partial charge in [-0.3, -0.25) is 10.3 Å². The van der Waals surface area contributed by atoms with Gasteiger partial charge in [0, 0.05) is 19.2 Å². The van der Waals surface area contributed by atoms with Gasteiger partial charge in [-0.2, -0.15) is 13.2 Å². The van der Waals surface area contributed by atoms with Crippen LogP contribution in [0.1, 0.15) is 33.5 Å². The zero-order valence-corrected chi connectivity index (χ0v) is 20.0. The van der Waals surface area contributed by atoms with Crippen LogP contribution >= 0.6 is 11.6 Å². The van der Waals surface area contributed by atoms with Crippen molar-refractivity contribution < 1.29 is 17.6 Å². The topological polar surface area (TPSA) is 24.9 Å². The highest BCUT2D eigenvalue weighted by molar-refractivity contribution is 6.30. The summed E-state index contributed by atoms with van der Waals surface area (Å²) in [6.07, 6.45) is -1.37. The number of nitrogens with one attached hydrogen (secondary N) is 1. The van der Waals surface area contributed by atoms with Gasteiger partial charge in [-0.05, 0) is 52.6 Å². The Morgan fingerprint density at radius 1 is 0.861 bits per heavy atom. The highest BCUT2D eigenvalue weighted by atomic mass is 35.5. The Balaban J connectivity index is 1.92. The number of halogens is 5. The molecule has 0 aliphatic rings. The van der Waals surface area contributed by atoms with Crippen LogP contribution in [0.3, 0.4) is 0 Å². The van der Waals surface area contributed by atoms with E-state index in [-0.39, 0.29) is 18.5 Å². The zero-order valence-electron chi connectivity index (χ0n) is 19.2. The molecule has 36 heavy (non-hydrogen) atoms. The second kappa shape index (κ2) is 10.6. The monoisotopic (exact) mass is 510 g/mol. The molecule has 3 aromatic carbocycles. The first-order valence-corrected chi connectivity index (χ1v) is 11.6. The van der Waals surface area contributed by atoms with Crippen LogP contribution in [0.2, 0.25) is 5.02 Å². The van der Waals surface area contributed by atoms with Gasteiger partial charge in [0.2, 0.25) is 0 Å². The van der Waals surface area contributed by atoms with Gasteiger partial charge >= 0.3 is 6.18 Å². The van der Waals surface area contributed by atoms with Crippen molar-refractivity contribution in [2.75, 3.05) is 0 Å². The molecule has 4 aromatic rings. The average Bonchev–Trinajstić information content (AvgIpc) is 2.87. The number of hydrogen-bond acceptors (Lipinski definition) is 2. The Morgan fingerprint density at radius 3 is 2.25 bits per heavy atom. The summed E-state index contributed by atoms with van der Waals surface area (Å²) in [7, 11) is 0. The molecule has 0 saturated carbocycles. The lowest BCUT2D eigenvalue weighted by Crippen LogP contribution is -2.46. The van der Waals surface area contributed by atoms with Crippen molar-refractivity contribution in [3.63, 3.8) is 0 Å². The van der Waals surface area contributed by atoms with Crippen molar-refractivity contribution in [2.24, 2.45) is 0 Å². The molecule has 1 heterocycles. The summed E-state index contributed by atoms with van der Waals surface area (Å²) >= 11 is 6.08. The molecule has 7 heteroatoms. The van der Waals surface area contributed by atoms with Crippen LogP contribution in [0.4, 0.5) is 17.6 Å². The first-order chi connectivity index (χ1) is 17.2. The van der Waals surface area contributed by atoms with Crippen molar-refractivity contribution >= 4 is 17.7 Å². The predicted octanol–water partition coefficient (Wildman–Crippen LogP) is 7.81. The van der Waals surface area contributed by atoms with E-state index in [0.717, 1.165) is 28.8 Å². The van der Waals surface area contributed by atoms with Crippen molar-refractivity contribution in [3.8, 4) is 0 Å². The Bertz CT molecular complexity index is 1340. The minimum absolute atomic E-state index is 0.105. The fourth-order valence-corrected chi connectivity index (χ4v) is 4.32. The maximum atomic E-state index is 14.7. The second-order valence-corrected chi connectivity index (χ2v) is 8.89. The molecule has 1 unspecified atom stereocenters. The van der Waals surface area contributed by atoms with E-state index in [1.807, 2.05) is 54.6 Å². The molecule has 4 rings (SSSR count). The summed E-state index contributed by atoms with van der Waals surface area (Å²) in [6, 6.07) is 22.7. The summed E-state index contributed by atoms with van der Waals surface area (Å²) in [5.74, 6) is -0.985. The third kappa shape index (κ3) is 5.83. The summed E-state index contributed by atoms with van der Waals surface area (Å²) < 4.78 is 55.9. The van der Waals surface area contributed by atoms with E-state index in [4.69, 9.17) is 11.6 Å². The van der Waals surface area contributed by atoms with Crippen LogP contribution in [0.5, 0.6) is 0 Å². The lowest BCUT2D eigenvalue weighted by atomic mass is 9.79. The first kappa shape index (κ1) is 25.6. The maximum Gasteiger partial charge on any atom is 0.416 e. The molecule has 0 amide bonds. The van der Waals surface area contributed by atoms with Gasteiger partial charge in [-0.25, -0.2) is 4.39 Å². The highest BCUT2D eigenvalue weighted by Crippen LogP contribution is 2.38. The number of rotatable bonds is 8. The molecule has 2 nitrogen and oxygen atoms in total. The zero-order chi connectivity index (χ0) is 25.8. The van der Waals surface area contributed by atoms with E-state index < -0.39 is 23.1 Å². The van der Waals surface area contributed by atoms with Crippen molar-refractivity contribution in [1.29, 1.82) is 0 Å². The van der Waals surface area contributed by atoms with Gasteiger partial charge in [-0.15, -0.1) is 0 Å². The van der Waals surface area contributed by atoms with Gasteiger partial charge < -0.3 is 0 Å². The highest BCUT2D eigenvalue weighted by Gasteiger charge is 2.39. The second-order valence-electron chi connectivity index (χ2n) is 8.46. The van der Waals surface area contributed by atoms with E-state index in [0.29, 0.717) is 16.8 Å². The lowest BCUT2D eigenvalue weighted by molar-refractivity contribution is -0.137. The molecule has 1 aromatic heterocycles. The largest absolute Gasteiger partial charge is 0.416 e. The standard InChI is InChI=1S/C29H23ClF4N2/c1-2-20-9-6-10-22(13-20)18-36-28(17-21-7-4-3-5-8-21,27-12-11-25(30)19-35-27)23-14-24(29(32,33)34)16-26(31)15-23/h2-16,19,36H,1,17-18H2. The van der Waals surface area contributed by atoms with E-state index >= 15 is 0 Å². The first-order valence-electron chi connectivity index (χ1n) is 11.2. The van der Waals surface area contributed by atoms with E-state index in [1.54, 1.807) is 18.2 Å². The normalized spacial score (nSPS) is 13.2. The van der Waals surface area contributed by atoms with Gasteiger partial charge in [-0.1, -0.05) is 78.9 Å². The van der Waals surface area contributed by atoms with Crippen molar-refractivity contribution in [3.05, 3.63) is 142 Å². The summed E-state index contributed by atoms with van der Waals surface area (Å²) in [4.78, 5) is 4.48. The lowest BCUT2D eigenvalue weighted by Gasteiger charge is -2.36. The molecule has 0 bridgehead atoms. The number of benzene rings is 3. The molecule has 0 spiro atoms. The summed E-state index contributed by atoms with van der Waals surface area (Å²) in [5.41, 5.74) is 0.753. The predicted molar refractivity (Wildman–Crippen MR) is 135 cm³/mol. The molecule has 1 N–H and O–H groups in total. The van der Waals surface area contributed by atoms with Crippen LogP contribution in [-0.4, -0.2) is 4.98 Å². The minimum atomic E-state index is -4.72. The van der Waals surface area contributed by atoms with Crippen LogP contribution in [0, 0.1) is 5.82 Å². The van der Waals surface area contributed by atoms with Gasteiger partial charge in [0.05, 0.1) is 21.8 Å². The molecule has 0 fully saturated rings. The SMILES string of the molecule is C=Cc1cccc(CNC(Cc2ccccc2)(c2cc(F)cc(C(F)(F)F)c2)c2ccc(Cl)cn2)c1. The van der Waals surface area contributed by atoms with Crippen LogP contribution in [0.25, 0.3) is 6.08 Å². The summed E-state index contributed by atoms with van der Waals surface area (Å²) in [6.45, 7) is 4.07. The summed E-state index contributed by atoms with van der Waals surface area (Å²) in [5, 5.41) is 3.81. The van der Waals surface area contributed by atoms with Crippen LogP contribution in [-0.2, 0) is 24.7 Å². The smallest absolute Gasteiger partial charge is 0.298 e.